The van der Waals surface area contributed by atoms with E-state index in [0.717, 1.165) is 36.1 Å². The highest BCUT2D eigenvalue weighted by molar-refractivity contribution is 7.80. The molecule has 0 amide bonds. The Bertz CT molecular complexity index is 942. The quantitative estimate of drug-likeness (QED) is 0.321. The molecule has 0 atom stereocenters. The van der Waals surface area contributed by atoms with Crippen molar-refractivity contribution in [3.05, 3.63) is 44.3 Å². The summed E-state index contributed by atoms with van der Waals surface area (Å²) in [6.07, 6.45) is 3.83. The van der Waals surface area contributed by atoms with Gasteiger partial charge in [-0.25, -0.2) is 4.79 Å². The van der Waals surface area contributed by atoms with Crippen LogP contribution in [0.1, 0.15) is 33.6 Å². The van der Waals surface area contributed by atoms with Gasteiger partial charge in [-0.3, -0.25) is 10.1 Å². The minimum absolute atomic E-state index is 0.150. The third kappa shape index (κ3) is 4.07. The van der Waals surface area contributed by atoms with Gasteiger partial charge in [-0.1, -0.05) is 0 Å². The smallest absolute Gasteiger partial charge is 0.341 e. The van der Waals surface area contributed by atoms with Crippen LogP contribution in [-0.2, 0) is 17.6 Å². The topological polar surface area (TPSA) is 103 Å². The molecule has 1 aromatic heterocycles. The monoisotopic (exact) mass is 421 g/mol. The zero-order chi connectivity index (χ0) is 20.3. The normalized spacial score (nSPS) is 12.6. The lowest BCUT2D eigenvalue weighted by atomic mass is 9.95. The van der Waals surface area contributed by atoms with Crippen LogP contribution in [-0.4, -0.2) is 30.2 Å². The number of nitro benzene ring substituents is 1. The first-order valence-corrected chi connectivity index (χ1v) is 9.80. The van der Waals surface area contributed by atoms with E-state index >= 15 is 0 Å². The summed E-state index contributed by atoms with van der Waals surface area (Å²) in [5.41, 5.74) is 1.56. The number of hydrogen-bond donors (Lipinski definition) is 2. The Morgan fingerprint density at radius 3 is 2.68 bits per heavy atom. The number of benzene rings is 1. The molecule has 28 heavy (non-hydrogen) atoms. The molecule has 2 N–H and O–H groups in total. The Morgan fingerprint density at radius 1 is 1.25 bits per heavy atom. The van der Waals surface area contributed by atoms with E-state index in [4.69, 9.17) is 21.7 Å². The number of nitrogens with one attached hydrogen (secondary N) is 2. The molecule has 0 aliphatic heterocycles. The maximum atomic E-state index is 12.3. The number of ether oxygens (including phenoxy) is 2. The van der Waals surface area contributed by atoms with Crippen LogP contribution < -0.4 is 15.4 Å². The second-order valence-corrected chi connectivity index (χ2v) is 7.64. The molecule has 8 nitrogen and oxygen atoms in total. The predicted molar refractivity (Wildman–Crippen MR) is 112 cm³/mol. The van der Waals surface area contributed by atoms with Crippen molar-refractivity contribution in [3.8, 4) is 5.75 Å². The lowest BCUT2D eigenvalue weighted by Crippen LogP contribution is -2.21. The highest BCUT2D eigenvalue weighted by Crippen LogP contribution is 2.38. The molecule has 0 unspecified atom stereocenters. The van der Waals surface area contributed by atoms with E-state index in [1.807, 2.05) is 0 Å². The number of aryl methyl sites for hydroxylation is 1. The van der Waals surface area contributed by atoms with Crippen LogP contribution in [0.25, 0.3) is 0 Å². The summed E-state index contributed by atoms with van der Waals surface area (Å²) in [5, 5.41) is 17.9. The van der Waals surface area contributed by atoms with Crippen LogP contribution in [0.4, 0.5) is 16.4 Å². The number of nitro groups is 1. The van der Waals surface area contributed by atoms with Gasteiger partial charge in [0.05, 0.1) is 30.8 Å². The fraction of sp³-hybridized carbons (Fsp3) is 0.333. The Kier molecular flexibility index (Phi) is 6.10. The fourth-order valence-electron chi connectivity index (χ4n) is 3.12. The van der Waals surface area contributed by atoms with E-state index in [9.17, 15) is 14.9 Å². The third-order valence-electron chi connectivity index (χ3n) is 4.44. The summed E-state index contributed by atoms with van der Waals surface area (Å²) in [6.45, 7) is 0. The molecule has 1 heterocycles. The molecule has 1 aliphatic rings. The number of fused-ring (bicyclic) bond motifs is 1. The first kappa shape index (κ1) is 20.0. The van der Waals surface area contributed by atoms with E-state index < -0.39 is 10.9 Å². The average Bonchev–Trinajstić information content (AvgIpc) is 3.05. The third-order valence-corrected chi connectivity index (χ3v) is 5.85. The van der Waals surface area contributed by atoms with Crippen molar-refractivity contribution in [2.75, 3.05) is 24.9 Å². The Hall–Kier alpha value is -2.72. The Balaban J connectivity index is 1.85. The molecule has 0 fully saturated rings. The molecule has 0 saturated heterocycles. The van der Waals surface area contributed by atoms with Gasteiger partial charge < -0.3 is 20.1 Å². The highest BCUT2D eigenvalue weighted by Gasteiger charge is 2.26. The molecule has 148 valence electrons. The van der Waals surface area contributed by atoms with Gasteiger partial charge in [0, 0.05) is 4.88 Å². The lowest BCUT2D eigenvalue weighted by molar-refractivity contribution is -0.384. The second kappa shape index (κ2) is 8.53. The van der Waals surface area contributed by atoms with Crippen LogP contribution in [0.3, 0.4) is 0 Å². The van der Waals surface area contributed by atoms with Gasteiger partial charge in [0.2, 0.25) is 0 Å². The van der Waals surface area contributed by atoms with Crippen LogP contribution in [0.15, 0.2) is 18.2 Å². The van der Waals surface area contributed by atoms with Gasteiger partial charge in [0.15, 0.2) is 5.11 Å². The average molecular weight is 422 g/mol. The number of methoxy groups -OCH3 is 2. The van der Waals surface area contributed by atoms with E-state index in [1.54, 1.807) is 6.07 Å². The van der Waals surface area contributed by atoms with Crippen molar-refractivity contribution in [3.63, 3.8) is 0 Å². The molecule has 3 rings (SSSR count). The first-order valence-electron chi connectivity index (χ1n) is 8.58. The van der Waals surface area contributed by atoms with Crippen molar-refractivity contribution >= 4 is 51.0 Å². The summed E-state index contributed by atoms with van der Waals surface area (Å²) in [6, 6.07) is 4.43. The molecular weight excluding hydrogens is 402 g/mol. The van der Waals surface area contributed by atoms with Gasteiger partial charge in [-0.05, 0) is 55.6 Å². The van der Waals surface area contributed by atoms with Gasteiger partial charge in [0.1, 0.15) is 16.4 Å². The van der Waals surface area contributed by atoms with E-state index in [1.165, 1.54) is 37.7 Å². The Morgan fingerprint density at radius 2 is 2.00 bits per heavy atom. The van der Waals surface area contributed by atoms with Crippen LogP contribution in [0, 0.1) is 10.1 Å². The SMILES string of the molecule is COC(=O)c1c(NC(=S)Nc2ccc(OC)cc2[N+](=O)[O-])sc2c1CCCC2. The molecular formula is C18H19N3O5S2. The Labute approximate surface area is 171 Å². The molecule has 0 bridgehead atoms. The van der Waals surface area contributed by atoms with E-state index in [-0.39, 0.29) is 16.5 Å². The van der Waals surface area contributed by atoms with Crippen molar-refractivity contribution in [2.24, 2.45) is 0 Å². The van der Waals surface area contributed by atoms with E-state index in [0.29, 0.717) is 16.3 Å². The largest absolute Gasteiger partial charge is 0.496 e. The molecule has 0 saturated carbocycles. The molecule has 0 spiro atoms. The first-order chi connectivity index (χ1) is 13.4. The molecule has 2 aromatic rings. The zero-order valence-corrected chi connectivity index (χ0v) is 17.0. The lowest BCUT2D eigenvalue weighted by Gasteiger charge is -2.13. The number of nitrogens with zero attached hydrogens (tertiary/aromatic N) is 1. The minimum Gasteiger partial charge on any atom is -0.496 e. The van der Waals surface area contributed by atoms with Crippen LogP contribution in [0.5, 0.6) is 5.75 Å². The van der Waals surface area contributed by atoms with Gasteiger partial charge in [-0.15, -0.1) is 11.3 Å². The fourth-order valence-corrected chi connectivity index (χ4v) is 4.68. The second-order valence-electron chi connectivity index (χ2n) is 6.13. The van der Waals surface area contributed by atoms with E-state index in [2.05, 4.69) is 10.6 Å². The summed E-state index contributed by atoms with van der Waals surface area (Å²) in [4.78, 5) is 24.3. The van der Waals surface area contributed by atoms with Crippen molar-refractivity contribution in [1.29, 1.82) is 0 Å². The standard InChI is InChI=1S/C18H19N3O5S2/c1-25-10-7-8-12(13(9-10)21(23)24)19-18(27)20-16-15(17(22)26-2)11-5-3-4-6-14(11)28-16/h7-9H,3-6H2,1-2H3,(H2,19,20,27). The number of thiocarbonyl (C=S) groups is 1. The number of carbonyl (C=O) groups excluding carboxylic acids is 1. The maximum Gasteiger partial charge on any atom is 0.341 e. The van der Waals surface area contributed by atoms with Gasteiger partial charge >= 0.3 is 5.97 Å². The van der Waals surface area contributed by atoms with Crippen molar-refractivity contribution < 1.29 is 19.2 Å². The van der Waals surface area contributed by atoms with Crippen molar-refractivity contribution in [1.82, 2.24) is 0 Å². The number of esters is 1. The number of carbonyl (C=O) groups is 1. The van der Waals surface area contributed by atoms with Crippen LogP contribution >= 0.6 is 23.6 Å². The number of anilines is 2. The summed E-state index contributed by atoms with van der Waals surface area (Å²) in [5.74, 6) is -0.0461. The summed E-state index contributed by atoms with van der Waals surface area (Å²) in [7, 11) is 2.78. The maximum absolute atomic E-state index is 12.3. The van der Waals surface area contributed by atoms with Gasteiger partial charge in [0.25, 0.3) is 5.69 Å². The highest BCUT2D eigenvalue weighted by atomic mass is 32.1. The summed E-state index contributed by atoms with van der Waals surface area (Å²) < 4.78 is 9.97. The molecule has 1 aromatic carbocycles. The van der Waals surface area contributed by atoms with Crippen LogP contribution in [0.2, 0.25) is 0 Å². The zero-order valence-electron chi connectivity index (χ0n) is 15.4. The minimum atomic E-state index is -0.517. The van der Waals surface area contributed by atoms with Crippen molar-refractivity contribution in [2.45, 2.75) is 25.7 Å². The van der Waals surface area contributed by atoms with Gasteiger partial charge in [-0.2, -0.15) is 0 Å². The molecule has 0 radical (unpaired) electrons. The molecule has 1 aliphatic carbocycles. The number of rotatable bonds is 5. The predicted octanol–water partition coefficient (Wildman–Crippen LogP) is 4.14. The number of thiophene rings is 1. The molecule has 10 heteroatoms. The number of hydrogen-bond acceptors (Lipinski definition) is 7. The summed E-state index contributed by atoms with van der Waals surface area (Å²) >= 11 is 6.79.